The number of nitrogens with one attached hydrogen (secondary N) is 1. The summed E-state index contributed by atoms with van der Waals surface area (Å²) in [5.41, 5.74) is 0. The van der Waals surface area contributed by atoms with Crippen molar-refractivity contribution in [3.05, 3.63) is 30.3 Å². The van der Waals surface area contributed by atoms with Gasteiger partial charge >= 0.3 is 0 Å². The lowest BCUT2D eigenvalue weighted by Crippen LogP contribution is -2.44. The Balaban J connectivity index is 1.49. The van der Waals surface area contributed by atoms with Gasteiger partial charge in [0.1, 0.15) is 5.75 Å². The van der Waals surface area contributed by atoms with Crippen molar-refractivity contribution in [1.82, 2.24) is 5.32 Å². The fourth-order valence-corrected chi connectivity index (χ4v) is 1.84. The number of hydrogen-bond donors (Lipinski definition) is 2. The molecular weight excluding hydrogens is 202 g/mol. The Morgan fingerprint density at radius 2 is 2.00 bits per heavy atom. The third kappa shape index (κ3) is 3.51. The summed E-state index contributed by atoms with van der Waals surface area (Å²) in [6.45, 7) is 1.70. The van der Waals surface area contributed by atoms with Crippen LogP contribution in [0.5, 0.6) is 5.75 Å². The predicted octanol–water partition coefficient (Wildman–Crippen LogP) is 1.57. The number of hydrogen-bond acceptors (Lipinski definition) is 3. The minimum Gasteiger partial charge on any atom is -0.494 e. The number of aliphatic hydroxyl groups is 1. The molecule has 0 atom stereocenters. The van der Waals surface area contributed by atoms with Gasteiger partial charge in [0.25, 0.3) is 0 Å². The van der Waals surface area contributed by atoms with E-state index in [1.54, 1.807) is 0 Å². The average molecular weight is 221 g/mol. The molecule has 2 rings (SSSR count). The monoisotopic (exact) mass is 221 g/mol. The quantitative estimate of drug-likeness (QED) is 0.716. The number of ether oxygens (including phenoxy) is 1. The number of para-hydroxylation sites is 1. The third-order valence-corrected chi connectivity index (χ3v) is 2.88. The van der Waals surface area contributed by atoms with Crippen molar-refractivity contribution in [3.8, 4) is 5.75 Å². The molecule has 1 aliphatic carbocycles. The van der Waals surface area contributed by atoms with E-state index in [0.717, 1.165) is 38.2 Å². The SMILES string of the molecule is OC1CC(NCCCOc2ccccc2)C1. The van der Waals surface area contributed by atoms with E-state index in [2.05, 4.69) is 5.32 Å². The minimum atomic E-state index is -0.0712. The fourth-order valence-electron chi connectivity index (χ4n) is 1.84. The van der Waals surface area contributed by atoms with E-state index >= 15 is 0 Å². The van der Waals surface area contributed by atoms with E-state index in [9.17, 15) is 0 Å². The molecule has 1 fully saturated rings. The van der Waals surface area contributed by atoms with Gasteiger partial charge in [-0.15, -0.1) is 0 Å². The van der Waals surface area contributed by atoms with Crippen LogP contribution < -0.4 is 10.1 Å². The first-order valence-electron chi connectivity index (χ1n) is 5.94. The summed E-state index contributed by atoms with van der Waals surface area (Å²) < 4.78 is 5.57. The molecule has 0 aliphatic heterocycles. The molecule has 0 aromatic heterocycles. The van der Waals surface area contributed by atoms with Gasteiger partial charge in [-0.3, -0.25) is 0 Å². The molecule has 88 valence electrons. The molecule has 2 N–H and O–H groups in total. The first-order chi connectivity index (χ1) is 7.84. The van der Waals surface area contributed by atoms with E-state index in [4.69, 9.17) is 9.84 Å². The molecule has 1 aliphatic rings. The molecule has 1 aromatic carbocycles. The molecule has 1 aromatic rings. The van der Waals surface area contributed by atoms with Gasteiger partial charge in [-0.05, 0) is 37.9 Å². The van der Waals surface area contributed by atoms with Gasteiger partial charge in [0, 0.05) is 6.04 Å². The van der Waals surface area contributed by atoms with Gasteiger partial charge in [0.2, 0.25) is 0 Å². The minimum absolute atomic E-state index is 0.0712. The van der Waals surface area contributed by atoms with Crippen molar-refractivity contribution in [1.29, 1.82) is 0 Å². The standard InChI is InChI=1S/C13H19NO2/c15-12-9-11(10-12)14-7-4-8-16-13-5-2-1-3-6-13/h1-3,5-6,11-12,14-15H,4,7-10H2. The maximum absolute atomic E-state index is 9.11. The summed E-state index contributed by atoms with van der Waals surface area (Å²) in [6.07, 6.45) is 2.73. The lowest BCUT2D eigenvalue weighted by atomic mass is 9.89. The van der Waals surface area contributed by atoms with Crippen molar-refractivity contribution in [2.24, 2.45) is 0 Å². The van der Waals surface area contributed by atoms with Crippen LogP contribution in [0.15, 0.2) is 30.3 Å². The second-order valence-electron chi connectivity index (χ2n) is 4.29. The molecule has 16 heavy (non-hydrogen) atoms. The highest BCUT2D eigenvalue weighted by molar-refractivity contribution is 5.20. The lowest BCUT2D eigenvalue weighted by molar-refractivity contribution is 0.0622. The summed E-state index contributed by atoms with van der Waals surface area (Å²) >= 11 is 0. The molecule has 0 bridgehead atoms. The molecule has 1 saturated carbocycles. The van der Waals surface area contributed by atoms with E-state index in [1.165, 1.54) is 0 Å². The molecule has 3 nitrogen and oxygen atoms in total. The van der Waals surface area contributed by atoms with Crippen LogP contribution in [0, 0.1) is 0 Å². The molecular formula is C13H19NO2. The average Bonchev–Trinajstić information content (AvgIpc) is 2.27. The van der Waals surface area contributed by atoms with Gasteiger partial charge in [-0.2, -0.15) is 0 Å². The van der Waals surface area contributed by atoms with Crippen LogP contribution in [0.3, 0.4) is 0 Å². The van der Waals surface area contributed by atoms with E-state index < -0.39 is 0 Å². The van der Waals surface area contributed by atoms with Gasteiger partial charge < -0.3 is 15.2 Å². The summed E-state index contributed by atoms with van der Waals surface area (Å²) in [5, 5.41) is 12.5. The Morgan fingerprint density at radius 1 is 1.25 bits per heavy atom. The number of rotatable bonds is 6. The van der Waals surface area contributed by atoms with Crippen LogP contribution in [0.4, 0.5) is 0 Å². The Morgan fingerprint density at radius 3 is 2.69 bits per heavy atom. The maximum atomic E-state index is 9.11. The zero-order chi connectivity index (χ0) is 11.2. The van der Waals surface area contributed by atoms with Crippen molar-refractivity contribution in [2.75, 3.05) is 13.2 Å². The summed E-state index contributed by atoms with van der Waals surface area (Å²) in [6, 6.07) is 10.4. The molecule has 0 spiro atoms. The second-order valence-corrected chi connectivity index (χ2v) is 4.29. The van der Waals surface area contributed by atoms with Crippen molar-refractivity contribution in [2.45, 2.75) is 31.4 Å². The van der Waals surface area contributed by atoms with Crippen LogP contribution in [0.1, 0.15) is 19.3 Å². The van der Waals surface area contributed by atoms with E-state index in [1.807, 2.05) is 30.3 Å². The molecule has 3 heteroatoms. The zero-order valence-electron chi connectivity index (χ0n) is 9.43. The van der Waals surface area contributed by atoms with E-state index in [-0.39, 0.29) is 6.10 Å². The summed E-state index contributed by atoms with van der Waals surface area (Å²) in [7, 11) is 0. The summed E-state index contributed by atoms with van der Waals surface area (Å²) in [5.74, 6) is 0.932. The van der Waals surface area contributed by atoms with Gasteiger partial charge in [-0.1, -0.05) is 18.2 Å². The Hall–Kier alpha value is -1.06. The zero-order valence-corrected chi connectivity index (χ0v) is 9.43. The Bertz CT molecular complexity index is 296. The van der Waals surface area contributed by atoms with Crippen LogP contribution in [0.25, 0.3) is 0 Å². The smallest absolute Gasteiger partial charge is 0.119 e. The highest BCUT2D eigenvalue weighted by Gasteiger charge is 2.25. The molecule has 0 amide bonds. The van der Waals surface area contributed by atoms with Crippen molar-refractivity contribution in [3.63, 3.8) is 0 Å². The van der Waals surface area contributed by atoms with Crippen molar-refractivity contribution < 1.29 is 9.84 Å². The normalized spacial score (nSPS) is 23.8. The maximum Gasteiger partial charge on any atom is 0.119 e. The highest BCUT2D eigenvalue weighted by atomic mass is 16.5. The number of aliphatic hydroxyl groups excluding tert-OH is 1. The van der Waals surface area contributed by atoms with E-state index in [0.29, 0.717) is 6.04 Å². The molecule has 0 radical (unpaired) electrons. The van der Waals surface area contributed by atoms with Crippen LogP contribution in [-0.2, 0) is 0 Å². The largest absolute Gasteiger partial charge is 0.494 e. The first-order valence-corrected chi connectivity index (χ1v) is 5.94. The predicted molar refractivity (Wildman–Crippen MR) is 63.6 cm³/mol. The van der Waals surface area contributed by atoms with Crippen LogP contribution in [0.2, 0.25) is 0 Å². The third-order valence-electron chi connectivity index (χ3n) is 2.88. The highest BCUT2D eigenvalue weighted by Crippen LogP contribution is 2.18. The number of benzene rings is 1. The Kier molecular flexibility index (Phi) is 4.19. The topological polar surface area (TPSA) is 41.5 Å². The second kappa shape index (κ2) is 5.87. The molecule has 0 heterocycles. The van der Waals surface area contributed by atoms with Crippen molar-refractivity contribution >= 4 is 0 Å². The fraction of sp³-hybridized carbons (Fsp3) is 0.538. The van der Waals surface area contributed by atoms with Crippen LogP contribution in [-0.4, -0.2) is 30.4 Å². The lowest BCUT2D eigenvalue weighted by Gasteiger charge is -2.32. The van der Waals surface area contributed by atoms with Gasteiger partial charge in [0.15, 0.2) is 0 Å². The first kappa shape index (κ1) is 11.4. The molecule has 0 unspecified atom stereocenters. The Labute approximate surface area is 96.4 Å². The summed E-state index contributed by atoms with van der Waals surface area (Å²) in [4.78, 5) is 0. The van der Waals surface area contributed by atoms with Gasteiger partial charge in [-0.25, -0.2) is 0 Å². The van der Waals surface area contributed by atoms with Gasteiger partial charge in [0.05, 0.1) is 12.7 Å². The molecule has 0 saturated heterocycles. The van der Waals surface area contributed by atoms with Crippen LogP contribution >= 0.6 is 0 Å².